The SMILES string of the molecule is CC[C@H]1C(O)[C@@H]2[C@H](CC[C@]3(C)[C@@H]([C@H](C)COS(=O)(=O)c4ccc(C)cc4)CC[C@@H]23)[C@@]2(C)CCC(=O)C[C@@H]12.CC[C@H]1C(O)[C@@H]2[C@H](CC[C@]3(C)[C@@H]([C@H](C)COS(=O)(=O)c4ccc(C)cc4)CC[C@@H]23)[C@@]2(C)CCC(O)C[C@@H]12. The van der Waals surface area contributed by atoms with Gasteiger partial charge in [0, 0.05) is 12.8 Å². The van der Waals surface area contributed by atoms with Gasteiger partial charge in [-0.1, -0.05) is 104 Å². The second kappa shape index (κ2) is 21.1. The number of rotatable bonds is 12. The van der Waals surface area contributed by atoms with Gasteiger partial charge < -0.3 is 15.3 Å². The van der Waals surface area contributed by atoms with Gasteiger partial charge in [-0.05, 0) is 220 Å². The second-order valence-corrected chi connectivity index (χ2v) is 30.3. The van der Waals surface area contributed by atoms with Crippen molar-refractivity contribution in [2.75, 3.05) is 13.2 Å². The third kappa shape index (κ3) is 9.78. The molecule has 8 aliphatic rings. The number of benzene rings is 2. The summed E-state index contributed by atoms with van der Waals surface area (Å²) in [6.07, 6.45) is 14.9. The molecule has 12 heteroatoms. The van der Waals surface area contributed by atoms with Crippen molar-refractivity contribution in [2.24, 2.45) is 105 Å². The molecule has 414 valence electrons. The summed E-state index contributed by atoms with van der Waals surface area (Å²) in [4.78, 5) is 12.9. The normalized spacial score (nSPS) is 43.5. The van der Waals surface area contributed by atoms with Crippen LogP contribution in [0.2, 0.25) is 0 Å². The van der Waals surface area contributed by atoms with Crippen molar-refractivity contribution < 1.29 is 45.3 Å². The van der Waals surface area contributed by atoms with E-state index in [-0.39, 0.29) is 92.6 Å². The summed E-state index contributed by atoms with van der Waals surface area (Å²) in [7, 11) is -7.56. The molecule has 74 heavy (non-hydrogen) atoms. The highest BCUT2D eigenvalue weighted by Gasteiger charge is 2.67. The van der Waals surface area contributed by atoms with E-state index in [1.165, 1.54) is 0 Å². The fraction of sp³-hybridized carbons (Fsp3) is 0.790. The smallest absolute Gasteiger partial charge is 0.296 e. The lowest BCUT2D eigenvalue weighted by molar-refractivity contribution is -0.203. The van der Waals surface area contributed by atoms with Gasteiger partial charge in [0.05, 0.1) is 41.3 Å². The maximum absolute atomic E-state index is 12.8. The Morgan fingerprint density at radius 3 is 1.36 bits per heavy atom. The zero-order chi connectivity index (χ0) is 53.5. The molecule has 3 N–H and O–H groups in total. The van der Waals surface area contributed by atoms with E-state index in [0.717, 1.165) is 101 Å². The van der Waals surface area contributed by atoms with Gasteiger partial charge in [0.2, 0.25) is 0 Å². The monoisotopic (exact) mass is 1060 g/mol. The molecule has 8 saturated carbocycles. The zero-order valence-corrected chi connectivity index (χ0v) is 48.3. The Labute approximate surface area is 446 Å². The van der Waals surface area contributed by atoms with Crippen LogP contribution in [0.3, 0.4) is 0 Å². The number of carbonyl (C=O) groups excluding carboxylic acids is 1. The number of Topliss-reactive ketones (excluding diaryl/α,β-unsaturated/α-hetero) is 1. The van der Waals surface area contributed by atoms with Crippen molar-refractivity contribution >= 4 is 26.0 Å². The number of fused-ring (bicyclic) bond motifs is 10. The van der Waals surface area contributed by atoms with Crippen LogP contribution in [0.25, 0.3) is 0 Å². The van der Waals surface area contributed by atoms with Crippen LogP contribution in [0.5, 0.6) is 0 Å². The molecule has 2 aromatic carbocycles. The predicted octanol–water partition coefficient (Wildman–Crippen LogP) is 12.1. The van der Waals surface area contributed by atoms with Crippen molar-refractivity contribution in [1.29, 1.82) is 0 Å². The van der Waals surface area contributed by atoms with Crippen molar-refractivity contribution in [1.82, 2.24) is 0 Å². The summed E-state index contributed by atoms with van der Waals surface area (Å²) in [6, 6.07) is 13.7. The number of ketones is 1. The summed E-state index contributed by atoms with van der Waals surface area (Å²) in [6.45, 7) is 22.7. The second-order valence-electron chi connectivity index (χ2n) is 27.1. The molecule has 8 fully saturated rings. The van der Waals surface area contributed by atoms with Crippen LogP contribution in [0.1, 0.15) is 169 Å². The molecular weight excluding hydrogens is 969 g/mol. The molecule has 10 rings (SSSR count). The van der Waals surface area contributed by atoms with Crippen LogP contribution < -0.4 is 0 Å². The molecule has 0 spiro atoms. The molecule has 3 unspecified atom stereocenters. The van der Waals surface area contributed by atoms with Gasteiger partial charge in [-0.2, -0.15) is 16.8 Å². The Bertz CT molecular complexity index is 2530. The average molecular weight is 1060 g/mol. The summed E-state index contributed by atoms with van der Waals surface area (Å²) in [5, 5.41) is 34.2. The Morgan fingerprint density at radius 1 is 0.541 bits per heavy atom. The maximum Gasteiger partial charge on any atom is 0.296 e. The highest BCUT2D eigenvalue weighted by Crippen LogP contribution is 2.71. The van der Waals surface area contributed by atoms with E-state index in [4.69, 9.17) is 8.37 Å². The van der Waals surface area contributed by atoms with Gasteiger partial charge in [0.25, 0.3) is 20.2 Å². The van der Waals surface area contributed by atoms with Crippen LogP contribution in [-0.2, 0) is 33.4 Å². The van der Waals surface area contributed by atoms with Crippen molar-refractivity contribution in [3.8, 4) is 0 Å². The largest absolute Gasteiger partial charge is 0.393 e. The van der Waals surface area contributed by atoms with Gasteiger partial charge in [0.15, 0.2) is 0 Å². The minimum Gasteiger partial charge on any atom is -0.393 e. The first kappa shape index (κ1) is 56.5. The molecule has 0 heterocycles. The topological polar surface area (TPSA) is 164 Å². The Kier molecular flexibility index (Phi) is 16.1. The molecule has 10 nitrogen and oxygen atoms in total. The van der Waals surface area contributed by atoms with Crippen LogP contribution in [0.4, 0.5) is 0 Å². The maximum atomic E-state index is 12.8. The van der Waals surface area contributed by atoms with Gasteiger partial charge in [-0.15, -0.1) is 0 Å². The fourth-order valence-corrected chi connectivity index (χ4v) is 21.8. The lowest BCUT2D eigenvalue weighted by atomic mass is 9.41. The number of aliphatic hydroxyl groups excluding tert-OH is 3. The molecule has 0 amide bonds. The number of aliphatic hydroxyl groups is 3. The summed E-state index contributed by atoms with van der Waals surface area (Å²) in [5.41, 5.74) is 2.53. The van der Waals surface area contributed by atoms with Crippen LogP contribution in [0, 0.1) is 118 Å². The molecule has 0 saturated heterocycles. The van der Waals surface area contributed by atoms with E-state index < -0.39 is 20.2 Å². The quantitative estimate of drug-likeness (QED) is 0.174. The Morgan fingerprint density at radius 2 is 0.932 bits per heavy atom. The van der Waals surface area contributed by atoms with E-state index in [0.29, 0.717) is 71.9 Å². The lowest BCUT2D eigenvalue weighted by Gasteiger charge is -2.64. The van der Waals surface area contributed by atoms with Crippen molar-refractivity contribution in [3.05, 3.63) is 59.7 Å². The predicted molar refractivity (Wildman–Crippen MR) is 290 cm³/mol. The molecule has 2 aromatic rings. The number of carbonyl (C=O) groups is 1. The molecule has 0 radical (unpaired) electrons. The van der Waals surface area contributed by atoms with E-state index in [2.05, 4.69) is 55.4 Å². The molecule has 8 aliphatic carbocycles. The lowest BCUT2D eigenvalue weighted by Crippen LogP contribution is -2.62. The van der Waals surface area contributed by atoms with Gasteiger partial charge in [-0.3, -0.25) is 13.2 Å². The Balaban J connectivity index is 0.000000182. The zero-order valence-electron chi connectivity index (χ0n) is 46.7. The summed E-state index contributed by atoms with van der Waals surface area (Å²) in [5.74, 6) is 4.97. The van der Waals surface area contributed by atoms with Crippen molar-refractivity contribution in [2.45, 2.75) is 200 Å². The Hall–Kier alpha value is -2.19. The molecule has 0 bridgehead atoms. The van der Waals surface area contributed by atoms with Gasteiger partial charge in [0.1, 0.15) is 5.78 Å². The first-order valence-corrected chi connectivity index (χ1v) is 32.1. The molecule has 0 aromatic heterocycles. The third-order valence-electron chi connectivity index (χ3n) is 23.7. The average Bonchev–Trinajstić information content (AvgIpc) is 3.91. The van der Waals surface area contributed by atoms with E-state index in [1.54, 1.807) is 48.5 Å². The molecule has 21 atom stereocenters. The summed E-state index contributed by atoms with van der Waals surface area (Å²) >= 11 is 0. The number of hydrogen-bond acceptors (Lipinski definition) is 10. The molecule has 0 aliphatic heterocycles. The minimum absolute atomic E-state index is 0.0739. The minimum atomic E-state index is -3.78. The van der Waals surface area contributed by atoms with E-state index in [9.17, 15) is 36.9 Å². The summed E-state index contributed by atoms with van der Waals surface area (Å²) < 4.78 is 62.6. The highest BCUT2D eigenvalue weighted by molar-refractivity contribution is 7.87. The van der Waals surface area contributed by atoms with Gasteiger partial charge >= 0.3 is 0 Å². The van der Waals surface area contributed by atoms with Crippen LogP contribution >= 0.6 is 0 Å². The van der Waals surface area contributed by atoms with Crippen LogP contribution in [-0.4, -0.2) is 69.5 Å². The third-order valence-corrected chi connectivity index (χ3v) is 26.3. The fourth-order valence-electron chi connectivity index (χ4n) is 19.8. The number of aryl methyl sites for hydroxylation is 2. The first-order chi connectivity index (χ1) is 34.8. The van der Waals surface area contributed by atoms with E-state index in [1.807, 2.05) is 13.8 Å². The van der Waals surface area contributed by atoms with Crippen molar-refractivity contribution in [3.63, 3.8) is 0 Å². The van der Waals surface area contributed by atoms with Crippen LogP contribution in [0.15, 0.2) is 58.3 Å². The van der Waals surface area contributed by atoms with Gasteiger partial charge in [-0.25, -0.2) is 0 Å². The first-order valence-electron chi connectivity index (χ1n) is 29.3. The highest BCUT2D eigenvalue weighted by atomic mass is 32.2. The molecular formula is C62H94O10S2. The standard InChI is InChI=1S/C31H48O5S.C31H46O5S/c2*1-6-23-27-17-21(32)13-15-31(27,5)26-14-16-30(4)24(11-12-25(30)28(26)29(23)33)20(3)18-36-37(34,35)22-9-7-19(2)8-10-22/h7-10,20-21,23-29,32-33H,6,11-18H2,1-5H3;7-10,20,23-29,33H,6,11-18H2,1-5H3/t20-,21?,23-,24-,25+,26+,27+,28+,29?,30-,31-;20-,23-,24-,25+,26+,27+,28+,29?,30-,31-/m11/s1. The van der Waals surface area contributed by atoms with E-state index >= 15 is 0 Å². The number of hydrogen-bond donors (Lipinski definition) is 3.